The maximum Gasteiger partial charge on any atom is 0.251 e. The first kappa shape index (κ1) is 13.5. The first-order chi connectivity index (χ1) is 9.19. The molecule has 5 heteroatoms. The van der Waals surface area contributed by atoms with Crippen molar-refractivity contribution in [2.75, 3.05) is 26.7 Å². The highest BCUT2D eigenvalue weighted by atomic mass is 16.1. The van der Waals surface area contributed by atoms with Crippen LogP contribution in [0.3, 0.4) is 0 Å². The second kappa shape index (κ2) is 6.30. The summed E-state index contributed by atoms with van der Waals surface area (Å²) in [6.07, 6.45) is 2.94. The van der Waals surface area contributed by atoms with Gasteiger partial charge >= 0.3 is 0 Å². The Bertz CT molecular complexity index is 494. The molecule has 1 aliphatic heterocycles. The van der Waals surface area contributed by atoms with Gasteiger partial charge in [-0.15, -0.1) is 0 Å². The molecule has 1 aliphatic rings. The van der Waals surface area contributed by atoms with Gasteiger partial charge in [0.15, 0.2) is 0 Å². The van der Waals surface area contributed by atoms with Gasteiger partial charge in [0.25, 0.3) is 5.91 Å². The van der Waals surface area contributed by atoms with Crippen LogP contribution in [0.15, 0.2) is 18.3 Å². The molecule has 1 atom stereocenters. The molecule has 0 aliphatic carbocycles. The summed E-state index contributed by atoms with van der Waals surface area (Å²) in [5.74, 6) is 0.450. The monoisotopic (exact) mass is 258 g/mol. The summed E-state index contributed by atoms with van der Waals surface area (Å²) in [7, 11) is 2.10. The van der Waals surface area contributed by atoms with Crippen molar-refractivity contribution in [2.24, 2.45) is 5.92 Å². The number of hydrogen-bond acceptors (Lipinski definition) is 4. The lowest BCUT2D eigenvalue weighted by molar-refractivity contribution is 0.0947. The van der Waals surface area contributed by atoms with Gasteiger partial charge in [-0.2, -0.15) is 5.26 Å². The smallest absolute Gasteiger partial charge is 0.251 e. The van der Waals surface area contributed by atoms with Gasteiger partial charge in [0.05, 0.1) is 18.2 Å². The van der Waals surface area contributed by atoms with Crippen molar-refractivity contribution < 1.29 is 4.79 Å². The van der Waals surface area contributed by atoms with Gasteiger partial charge in [-0.1, -0.05) is 0 Å². The molecule has 0 bridgehead atoms. The van der Waals surface area contributed by atoms with Crippen LogP contribution >= 0.6 is 0 Å². The molecule has 1 aromatic rings. The molecule has 0 aromatic carbocycles. The van der Waals surface area contributed by atoms with Gasteiger partial charge in [0.2, 0.25) is 0 Å². The lowest BCUT2D eigenvalue weighted by Gasteiger charge is -2.11. The summed E-state index contributed by atoms with van der Waals surface area (Å²) in [5.41, 5.74) is 1.21. The van der Waals surface area contributed by atoms with E-state index >= 15 is 0 Å². The van der Waals surface area contributed by atoms with E-state index in [-0.39, 0.29) is 12.3 Å². The van der Waals surface area contributed by atoms with Crippen LogP contribution in [0.4, 0.5) is 0 Å². The lowest BCUT2D eigenvalue weighted by Crippen LogP contribution is -2.30. The van der Waals surface area contributed by atoms with Crippen LogP contribution in [0.2, 0.25) is 0 Å². The number of amides is 1. The van der Waals surface area contributed by atoms with Crippen LogP contribution in [0.25, 0.3) is 0 Å². The van der Waals surface area contributed by atoms with Gasteiger partial charge in [-0.05, 0) is 38.1 Å². The third-order valence-corrected chi connectivity index (χ3v) is 3.38. The maximum atomic E-state index is 12.0. The Hall–Kier alpha value is -1.93. The normalized spacial score (nSPS) is 19.1. The van der Waals surface area contributed by atoms with E-state index in [1.165, 1.54) is 0 Å². The number of carbonyl (C=O) groups excluding carboxylic acids is 1. The number of carbonyl (C=O) groups is 1. The third kappa shape index (κ3) is 3.76. The molecule has 5 nitrogen and oxygen atoms in total. The van der Waals surface area contributed by atoms with E-state index in [2.05, 4.69) is 22.2 Å². The molecule has 1 amide bonds. The van der Waals surface area contributed by atoms with Gasteiger partial charge in [-0.3, -0.25) is 9.78 Å². The van der Waals surface area contributed by atoms with Crippen molar-refractivity contribution in [2.45, 2.75) is 12.8 Å². The first-order valence-electron chi connectivity index (χ1n) is 6.47. The predicted octanol–water partition coefficient (Wildman–Crippen LogP) is 0.829. The SMILES string of the molecule is CN1CCC(CNC(=O)c2ccnc(CC#N)c2)C1. The summed E-state index contributed by atoms with van der Waals surface area (Å²) in [6, 6.07) is 5.39. The summed E-state index contributed by atoms with van der Waals surface area (Å²) < 4.78 is 0. The maximum absolute atomic E-state index is 12.0. The standard InChI is InChI=1S/C14H18N4O/c1-18-7-4-11(10-18)9-17-14(19)12-3-6-16-13(8-12)2-5-15/h3,6,8,11H,2,4,7,9-10H2,1H3,(H,17,19). The lowest BCUT2D eigenvalue weighted by atomic mass is 10.1. The number of nitriles is 1. The minimum Gasteiger partial charge on any atom is -0.352 e. The Balaban J connectivity index is 1.89. The average molecular weight is 258 g/mol. The molecule has 1 saturated heterocycles. The molecule has 2 heterocycles. The zero-order valence-electron chi connectivity index (χ0n) is 11.1. The average Bonchev–Trinajstić information content (AvgIpc) is 2.82. The minimum atomic E-state index is -0.0869. The fourth-order valence-electron chi connectivity index (χ4n) is 2.33. The quantitative estimate of drug-likeness (QED) is 0.868. The summed E-state index contributed by atoms with van der Waals surface area (Å²) >= 11 is 0. The van der Waals surface area contributed by atoms with Crippen LogP contribution in [-0.2, 0) is 6.42 Å². The second-order valence-corrected chi connectivity index (χ2v) is 5.00. The molecule has 1 N–H and O–H groups in total. The first-order valence-corrected chi connectivity index (χ1v) is 6.47. The van der Waals surface area contributed by atoms with Crippen molar-refractivity contribution in [1.82, 2.24) is 15.2 Å². The number of pyridine rings is 1. The van der Waals surface area contributed by atoms with Crippen LogP contribution < -0.4 is 5.32 Å². The minimum absolute atomic E-state index is 0.0869. The van der Waals surface area contributed by atoms with Crippen LogP contribution in [0.5, 0.6) is 0 Å². The Kier molecular flexibility index (Phi) is 4.48. The molecule has 1 unspecified atom stereocenters. The van der Waals surface area contributed by atoms with Crippen molar-refractivity contribution in [1.29, 1.82) is 5.26 Å². The van der Waals surface area contributed by atoms with E-state index in [1.807, 2.05) is 6.07 Å². The Morgan fingerprint density at radius 2 is 2.53 bits per heavy atom. The highest BCUT2D eigenvalue weighted by Crippen LogP contribution is 2.13. The molecule has 19 heavy (non-hydrogen) atoms. The number of nitrogens with zero attached hydrogens (tertiary/aromatic N) is 3. The molecule has 0 radical (unpaired) electrons. The van der Waals surface area contributed by atoms with Crippen LogP contribution in [-0.4, -0.2) is 42.5 Å². The Morgan fingerprint density at radius 3 is 3.21 bits per heavy atom. The van der Waals surface area contributed by atoms with E-state index in [1.54, 1.807) is 18.3 Å². The third-order valence-electron chi connectivity index (χ3n) is 3.38. The molecule has 0 spiro atoms. The summed E-state index contributed by atoms with van der Waals surface area (Å²) in [4.78, 5) is 18.3. The summed E-state index contributed by atoms with van der Waals surface area (Å²) in [5, 5.41) is 11.6. The number of aromatic nitrogens is 1. The molecule has 2 rings (SSSR count). The number of rotatable bonds is 4. The molecule has 1 aromatic heterocycles. The van der Waals surface area contributed by atoms with Crippen molar-refractivity contribution >= 4 is 5.91 Å². The number of hydrogen-bond donors (Lipinski definition) is 1. The molecular formula is C14H18N4O. The fraction of sp³-hybridized carbons (Fsp3) is 0.500. The zero-order valence-corrected chi connectivity index (χ0v) is 11.1. The van der Waals surface area contributed by atoms with Crippen LogP contribution in [0.1, 0.15) is 22.5 Å². The molecule has 100 valence electrons. The largest absolute Gasteiger partial charge is 0.352 e. The molecular weight excluding hydrogens is 240 g/mol. The van der Waals surface area contributed by atoms with Gasteiger partial charge in [-0.25, -0.2) is 0 Å². The second-order valence-electron chi connectivity index (χ2n) is 5.00. The Morgan fingerprint density at radius 1 is 1.68 bits per heavy atom. The zero-order chi connectivity index (χ0) is 13.7. The van der Waals surface area contributed by atoms with Crippen molar-refractivity contribution in [3.63, 3.8) is 0 Å². The topological polar surface area (TPSA) is 69.0 Å². The van der Waals surface area contributed by atoms with Gasteiger partial charge in [0.1, 0.15) is 0 Å². The van der Waals surface area contributed by atoms with E-state index in [0.29, 0.717) is 23.7 Å². The molecule has 1 fully saturated rings. The number of likely N-dealkylation sites (tertiary alicyclic amines) is 1. The van der Waals surface area contributed by atoms with Crippen LogP contribution in [0, 0.1) is 17.2 Å². The van der Waals surface area contributed by atoms with E-state index in [0.717, 1.165) is 19.5 Å². The van der Waals surface area contributed by atoms with Gasteiger partial charge < -0.3 is 10.2 Å². The fourth-order valence-corrected chi connectivity index (χ4v) is 2.33. The molecule has 0 saturated carbocycles. The Labute approximate surface area is 113 Å². The van der Waals surface area contributed by atoms with Crippen molar-refractivity contribution in [3.05, 3.63) is 29.6 Å². The predicted molar refractivity (Wildman–Crippen MR) is 71.5 cm³/mol. The summed E-state index contributed by atoms with van der Waals surface area (Å²) in [6.45, 7) is 2.84. The van der Waals surface area contributed by atoms with Gasteiger partial charge in [0, 0.05) is 24.8 Å². The highest BCUT2D eigenvalue weighted by Gasteiger charge is 2.20. The van der Waals surface area contributed by atoms with E-state index < -0.39 is 0 Å². The number of nitrogens with one attached hydrogen (secondary N) is 1. The van der Waals surface area contributed by atoms with Crippen molar-refractivity contribution in [3.8, 4) is 6.07 Å². The van der Waals surface area contributed by atoms with E-state index in [4.69, 9.17) is 5.26 Å². The van der Waals surface area contributed by atoms with E-state index in [9.17, 15) is 4.79 Å². The highest BCUT2D eigenvalue weighted by molar-refractivity contribution is 5.94.